The molecule has 0 aliphatic heterocycles. The molecule has 0 aliphatic rings. The summed E-state index contributed by atoms with van der Waals surface area (Å²) < 4.78 is 11.8. The number of aryl methyl sites for hydroxylation is 3. The van der Waals surface area contributed by atoms with Crippen LogP contribution in [0.2, 0.25) is 0 Å². The Balaban J connectivity index is 1.64. The van der Waals surface area contributed by atoms with Gasteiger partial charge in [0.1, 0.15) is 29.0 Å². The number of rotatable bonds is 6. The highest BCUT2D eigenvalue weighted by Gasteiger charge is 2.23. The first-order valence-electron chi connectivity index (χ1n) is 10.2. The van der Waals surface area contributed by atoms with Crippen molar-refractivity contribution in [2.45, 2.75) is 26.7 Å². The molecular weight excluding hydrogens is 408 g/mol. The van der Waals surface area contributed by atoms with Crippen LogP contribution in [0.4, 0.5) is 11.4 Å². The molecule has 7 heteroatoms. The van der Waals surface area contributed by atoms with Gasteiger partial charge >= 0.3 is 0 Å². The highest BCUT2D eigenvalue weighted by molar-refractivity contribution is 5.87. The van der Waals surface area contributed by atoms with Crippen LogP contribution in [-0.4, -0.2) is 16.5 Å². The van der Waals surface area contributed by atoms with E-state index in [1.54, 1.807) is 13.0 Å². The van der Waals surface area contributed by atoms with E-state index < -0.39 is 5.23 Å². The molecule has 0 fully saturated rings. The number of aromatic hydroxyl groups is 1. The molecule has 0 radical (unpaired) electrons. The molecule has 4 aromatic rings. The van der Waals surface area contributed by atoms with Gasteiger partial charge in [0.05, 0.1) is 5.69 Å². The molecule has 0 bridgehead atoms. The largest absolute Gasteiger partial charge is 0.595 e. The number of benzene rings is 2. The molecule has 164 valence electrons. The highest BCUT2D eigenvalue weighted by atomic mass is 16.8. The molecule has 3 N–H and O–H groups in total. The van der Waals surface area contributed by atoms with Crippen molar-refractivity contribution in [1.29, 1.82) is 0 Å². The van der Waals surface area contributed by atoms with E-state index >= 15 is 0 Å². The predicted molar refractivity (Wildman–Crippen MR) is 120 cm³/mol. The normalized spacial score (nSPS) is 12.7. The van der Waals surface area contributed by atoms with Crippen molar-refractivity contribution in [2.75, 3.05) is 0 Å². The van der Waals surface area contributed by atoms with E-state index in [-0.39, 0.29) is 17.4 Å². The summed E-state index contributed by atoms with van der Waals surface area (Å²) in [4.78, 5) is 4.41. The number of phenols is 1. The van der Waals surface area contributed by atoms with Gasteiger partial charge < -0.3 is 19.1 Å². The van der Waals surface area contributed by atoms with E-state index in [4.69, 9.17) is 8.83 Å². The summed E-state index contributed by atoms with van der Waals surface area (Å²) >= 11 is 0. The van der Waals surface area contributed by atoms with Crippen LogP contribution in [0.1, 0.15) is 45.6 Å². The van der Waals surface area contributed by atoms with Gasteiger partial charge in [0.2, 0.25) is 5.69 Å². The van der Waals surface area contributed by atoms with Crippen LogP contribution in [0.25, 0.3) is 0 Å². The van der Waals surface area contributed by atoms with E-state index in [0.29, 0.717) is 11.3 Å². The van der Waals surface area contributed by atoms with Crippen LogP contribution < -0.4 is 5.23 Å². The third-order valence-electron chi connectivity index (χ3n) is 5.18. The molecule has 0 saturated heterocycles. The zero-order chi connectivity index (χ0) is 22.8. The average molecular weight is 432 g/mol. The van der Waals surface area contributed by atoms with Gasteiger partial charge in [-0.2, -0.15) is 5.23 Å². The third kappa shape index (κ3) is 4.50. The van der Waals surface area contributed by atoms with Gasteiger partial charge in [0.25, 0.3) is 0 Å². The highest BCUT2D eigenvalue weighted by Crippen LogP contribution is 2.35. The van der Waals surface area contributed by atoms with E-state index in [0.717, 1.165) is 34.2 Å². The SMILES string of the molecule is Cc1cc(C=Nc2ccc(C(c3ccc(C)o3)c3ccc(C)o3)cc2)c(O)c([NH+]([O-])O)c1. The molecule has 1 unspecified atom stereocenters. The lowest BCUT2D eigenvalue weighted by molar-refractivity contribution is -0.991. The summed E-state index contributed by atoms with van der Waals surface area (Å²) in [6, 6.07) is 18.5. The van der Waals surface area contributed by atoms with E-state index in [9.17, 15) is 15.5 Å². The maximum Gasteiger partial charge on any atom is 0.206 e. The number of aliphatic imine (C=N–C) groups is 1. The van der Waals surface area contributed by atoms with Gasteiger partial charge in [0, 0.05) is 17.8 Å². The first-order chi connectivity index (χ1) is 15.3. The fourth-order valence-electron chi connectivity index (χ4n) is 3.65. The maximum atomic E-state index is 11.3. The maximum absolute atomic E-state index is 11.3. The molecule has 2 aromatic heterocycles. The van der Waals surface area contributed by atoms with Gasteiger partial charge in [0.15, 0.2) is 5.75 Å². The lowest BCUT2D eigenvalue weighted by atomic mass is 9.94. The molecule has 0 spiro atoms. The summed E-state index contributed by atoms with van der Waals surface area (Å²) in [5, 5.41) is 29.6. The van der Waals surface area contributed by atoms with Crippen LogP contribution >= 0.6 is 0 Å². The predicted octanol–water partition coefficient (Wildman–Crippen LogP) is 4.84. The standard InChI is InChI=1S/C25H24N2O5/c1-15-12-19(25(28)21(13-15)27(29)30)14-26-20-8-6-18(7-9-20)24(22-10-4-16(2)31-22)23-11-5-17(3)32-23/h4-14,24,27-29H,1-3H3. The Morgan fingerprint density at radius 1 is 0.906 bits per heavy atom. The number of quaternary nitrogens is 1. The van der Waals surface area contributed by atoms with E-state index in [2.05, 4.69) is 4.99 Å². The second-order valence-corrected chi connectivity index (χ2v) is 7.74. The lowest BCUT2D eigenvalue weighted by Gasteiger charge is -2.15. The van der Waals surface area contributed by atoms with E-state index in [1.807, 2.05) is 62.4 Å². The van der Waals surface area contributed by atoms with Crippen molar-refractivity contribution in [3.05, 3.63) is 106 Å². The Bertz CT molecular complexity index is 1210. The molecule has 0 amide bonds. The molecule has 2 aromatic carbocycles. The zero-order valence-electron chi connectivity index (χ0n) is 18.0. The Morgan fingerprint density at radius 2 is 1.50 bits per heavy atom. The molecule has 32 heavy (non-hydrogen) atoms. The van der Waals surface area contributed by atoms with Crippen molar-refractivity contribution in [3.63, 3.8) is 0 Å². The van der Waals surface area contributed by atoms with Crippen LogP contribution in [-0.2, 0) is 0 Å². The molecule has 0 aliphatic carbocycles. The number of furan rings is 2. The van der Waals surface area contributed by atoms with Crippen LogP contribution in [0.15, 0.2) is 74.5 Å². The molecule has 7 nitrogen and oxygen atoms in total. The number of hydrogen-bond donors (Lipinski definition) is 3. The van der Waals surface area contributed by atoms with Crippen molar-refractivity contribution < 1.29 is 24.4 Å². The fourth-order valence-corrected chi connectivity index (χ4v) is 3.65. The van der Waals surface area contributed by atoms with Gasteiger partial charge in [-0.1, -0.05) is 12.1 Å². The quantitative estimate of drug-likeness (QED) is 0.230. The zero-order valence-corrected chi connectivity index (χ0v) is 18.0. The summed E-state index contributed by atoms with van der Waals surface area (Å²) in [6.07, 6.45) is 1.47. The van der Waals surface area contributed by atoms with Gasteiger partial charge in [-0.15, -0.1) is 0 Å². The lowest BCUT2D eigenvalue weighted by Crippen LogP contribution is -2.99. The Hall–Kier alpha value is -3.65. The van der Waals surface area contributed by atoms with Crippen molar-refractivity contribution >= 4 is 17.6 Å². The van der Waals surface area contributed by atoms with Crippen molar-refractivity contribution in [2.24, 2.45) is 4.99 Å². The third-order valence-corrected chi connectivity index (χ3v) is 5.18. The monoisotopic (exact) mass is 432 g/mol. The molecule has 2 heterocycles. The Labute approximate surface area is 185 Å². The molecule has 4 rings (SSSR count). The number of nitrogens with zero attached hydrogens (tertiary/aromatic N) is 1. The topological polar surface area (TPSA) is 107 Å². The van der Waals surface area contributed by atoms with Gasteiger partial charge in [-0.05, 0) is 74.4 Å². The van der Waals surface area contributed by atoms with Crippen molar-refractivity contribution in [1.82, 2.24) is 0 Å². The summed E-state index contributed by atoms with van der Waals surface area (Å²) in [7, 11) is 0. The summed E-state index contributed by atoms with van der Waals surface area (Å²) in [5.74, 6) is 2.75. The second kappa shape index (κ2) is 8.84. The van der Waals surface area contributed by atoms with Gasteiger partial charge in [-0.25, -0.2) is 5.21 Å². The molecular formula is C25H24N2O5. The number of nitrogens with one attached hydrogen (secondary N) is 1. The fraction of sp³-hybridized carbons (Fsp3) is 0.160. The Kier molecular flexibility index (Phi) is 5.96. The Morgan fingerprint density at radius 3 is 2.00 bits per heavy atom. The first-order valence-corrected chi connectivity index (χ1v) is 10.2. The number of hydrogen-bond acceptors (Lipinski definition) is 6. The summed E-state index contributed by atoms with van der Waals surface area (Å²) in [5.41, 5.74) is 2.58. The van der Waals surface area contributed by atoms with E-state index in [1.165, 1.54) is 12.3 Å². The number of phenolic OH excluding ortho intramolecular Hbond substituents is 1. The second-order valence-electron chi connectivity index (χ2n) is 7.74. The van der Waals surface area contributed by atoms with Crippen LogP contribution in [0.3, 0.4) is 0 Å². The smallest absolute Gasteiger partial charge is 0.206 e. The minimum atomic E-state index is -1.18. The average Bonchev–Trinajstić information content (AvgIpc) is 3.38. The minimum Gasteiger partial charge on any atom is -0.595 e. The van der Waals surface area contributed by atoms with Crippen LogP contribution in [0, 0.1) is 26.0 Å². The van der Waals surface area contributed by atoms with Gasteiger partial charge in [-0.3, -0.25) is 4.99 Å². The van der Waals surface area contributed by atoms with Crippen LogP contribution in [0.5, 0.6) is 5.75 Å². The minimum absolute atomic E-state index is 0.146. The molecule has 0 saturated carbocycles. The first kappa shape index (κ1) is 21.6. The van der Waals surface area contributed by atoms with Crippen molar-refractivity contribution in [3.8, 4) is 5.75 Å². The summed E-state index contributed by atoms with van der Waals surface area (Å²) in [6.45, 7) is 5.58. The molecule has 1 atom stereocenters.